The molecule has 1 aliphatic heterocycles. The highest BCUT2D eigenvalue weighted by Gasteiger charge is 2.24. The van der Waals surface area contributed by atoms with Gasteiger partial charge in [-0.1, -0.05) is 0 Å². The standard InChI is InChI=1S/C21H25N3O5/c1-27-18-7-4-14(12-19(18)28-2)20(25)24-10-8-23(9-11-24)15-5-6-17(22)16(13-15)21(26)29-3/h4-7,12-13H,8-11,22H2,1-3H3. The Balaban J connectivity index is 1.69. The molecular weight excluding hydrogens is 374 g/mol. The lowest BCUT2D eigenvalue weighted by molar-refractivity contribution is 0.0601. The predicted molar refractivity (Wildman–Crippen MR) is 110 cm³/mol. The summed E-state index contributed by atoms with van der Waals surface area (Å²) in [5, 5.41) is 0. The van der Waals surface area contributed by atoms with Crippen LogP contribution in [0.4, 0.5) is 11.4 Å². The predicted octanol–water partition coefficient (Wildman–Crippen LogP) is 2.04. The number of carbonyl (C=O) groups excluding carboxylic acids is 2. The zero-order chi connectivity index (χ0) is 21.0. The third-order valence-corrected chi connectivity index (χ3v) is 5.00. The van der Waals surface area contributed by atoms with Crippen LogP contribution in [-0.2, 0) is 4.74 Å². The molecule has 29 heavy (non-hydrogen) atoms. The van der Waals surface area contributed by atoms with Gasteiger partial charge in [0.05, 0.1) is 26.9 Å². The summed E-state index contributed by atoms with van der Waals surface area (Å²) >= 11 is 0. The molecule has 0 spiro atoms. The number of esters is 1. The van der Waals surface area contributed by atoms with Crippen LogP contribution in [-0.4, -0.2) is 64.3 Å². The van der Waals surface area contributed by atoms with Crippen LogP contribution in [0, 0.1) is 0 Å². The fourth-order valence-corrected chi connectivity index (χ4v) is 3.35. The first-order chi connectivity index (χ1) is 14.0. The van der Waals surface area contributed by atoms with Crippen molar-refractivity contribution in [2.45, 2.75) is 0 Å². The summed E-state index contributed by atoms with van der Waals surface area (Å²) in [5.41, 5.74) is 8.02. The highest BCUT2D eigenvalue weighted by Crippen LogP contribution is 2.28. The van der Waals surface area contributed by atoms with Crippen molar-refractivity contribution in [1.82, 2.24) is 4.90 Å². The molecule has 2 N–H and O–H groups in total. The fourth-order valence-electron chi connectivity index (χ4n) is 3.35. The first-order valence-corrected chi connectivity index (χ1v) is 9.22. The van der Waals surface area contributed by atoms with Gasteiger partial charge in [-0.25, -0.2) is 4.79 Å². The number of piperazine rings is 1. The average Bonchev–Trinajstić information content (AvgIpc) is 2.78. The Hall–Kier alpha value is -3.42. The zero-order valence-electron chi connectivity index (χ0n) is 16.8. The molecular formula is C21H25N3O5. The maximum Gasteiger partial charge on any atom is 0.340 e. The minimum Gasteiger partial charge on any atom is -0.493 e. The molecule has 3 rings (SSSR count). The van der Waals surface area contributed by atoms with E-state index in [0.717, 1.165) is 5.69 Å². The Morgan fingerprint density at radius 1 is 0.897 bits per heavy atom. The van der Waals surface area contributed by atoms with Crippen LogP contribution in [0.25, 0.3) is 0 Å². The lowest BCUT2D eigenvalue weighted by Crippen LogP contribution is -2.48. The van der Waals surface area contributed by atoms with Gasteiger partial charge in [-0.3, -0.25) is 4.79 Å². The number of methoxy groups -OCH3 is 3. The maximum absolute atomic E-state index is 12.9. The molecule has 1 aliphatic rings. The Morgan fingerprint density at radius 3 is 2.21 bits per heavy atom. The number of nitrogens with zero attached hydrogens (tertiary/aromatic N) is 2. The number of rotatable bonds is 5. The van der Waals surface area contributed by atoms with Crippen LogP contribution in [0.15, 0.2) is 36.4 Å². The van der Waals surface area contributed by atoms with Crippen LogP contribution < -0.4 is 20.1 Å². The van der Waals surface area contributed by atoms with Gasteiger partial charge in [-0.15, -0.1) is 0 Å². The molecule has 8 nitrogen and oxygen atoms in total. The summed E-state index contributed by atoms with van der Waals surface area (Å²) in [6.07, 6.45) is 0. The van der Waals surface area contributed by atoms with Crippen molar-refractivity contribution in [3.05, 3.63) is 47.5 Å². The minimum atomic E-state index is -0.466. The van der Waals surface area contributed by atoms with Crippen LogP contribution in [0.3, 0.4) is 0 Å². The second-order valence-electron chi connectivity index (χ2n) is 6.61. The topological polar surface area (TPSA) is 94.3 Å². The number of hydrogen-bond acceptors (Lipinski definition) is 7. The molecule has 8 heteroatoms. The fraction of sp³-hybridized carbons (Fsp3) is 0.333. The molecule has 2 aromatic carbocycles. The summed E-state index contributed by atoms with van der Waals surface area (Å²) in [6.45, 7) is 2.41. The molecule has 1 saturated heterocycles. The normalized spacial score (nSPS) is 13.8. The summed E-state index contributed by atoms with van der Waals surface area (Å²) in [4.78, 5) is 28.7. The number of benzene rings is 2. The quantitative estimate of drug-likeness (QED) is 0.607. The van der Waals surface area contributed by atoms with Crippen molar-refractivity contribution < 1.29 is 23.8 Å². The van der Waals surface area contributed by atoms with Gasteiger partial charge in [-0.05, 0) is 36.4 Å². The molecule has 0 aliphatic carbocycles. The minimum absolute atomic E-state index is 0.0573. The number of nitrogen functional groups attached to an aromatic ring is 1. The second-order valence-corrected chi connectivity index (χ2v) is 6.61. The number of carbonyl (C=O) groups is 2. The molecule has 1 fully saturated rings. The molecule has 0 unspecified atom stereocenters. The Morgan fingerprint density at radius 2 is 1.59 bits per heavy atom. The number of amides is 1. The highest BCUT2D eigenvalue weighted by molar-refractivity contribution is 5.96. The molecule has 0 aromatic heterocycles. The highest BCUT2D eigenvalue weighted by atomic mass is 16.5. The number of anilines is 2. The van der Waals surface area contributed by atoms with E-state index in [-0.39, 0.29) is 5.91 Å². The van der Waals surface area contributed by atoms with E-state index >= 15 is 0 Å². The molecule has 0 saturated carbocycles. The van der Waals surface area contributed by atoms with E-state index in [1.807, 2.05) is 6.07 Å². The second kappa shape index (κ2) is 8.72. The third kappa shape index (κ3) is 4.21. The third-order valence-electron chi connectivity index (χ3n) is 5.00. The molecule has 1 heterocycles. The number of nitrogens with two attached hydrogens (primary N) is 1. The lowest BCUT2D eigenvalue weighted by atomic mass is 10.1. The smallest absolute Gasteiger partial charge is 0.340 e. The first kappa shape index (κ1) is 20.3. The summed E-state index contributed by atoms with van der Waals surface area (Å²) < 4.78 is 15.3. The largest absolute Gasteiger partial charge is 0.493 e. The van der Waals surface area contributed by atoms with Crippen molar-refractivity contribution in [3.8, 4) is 11.5 Å². The van der Waals surface area contributed by atoms with Crippen molar-refractivity contribution in [3.63, 3.8) is 0 Å². The van der Waals surface area contributed by atoms with Gasteiger partial charge in [0.1, 0.15) is 0 Å². The molecule has 0 radical (unpaired) electrons. The van der Waals surface area contributed by atoms with E-state index < -0.39 is 5.97 Å². The number of ether oxygens (including phenoxy) is 3. The molecule has 0 atom stereocenters. The van der Waals surface area contributed by atoms with E-state index in [9.17, 15) is 9.59 Å². The van der Waals surface area contributed by atoms with E-state index in [4.69, 9.17) is 19.9 Å². The SMILES string of the molecule is COC(=O)c1cc(N2CCN(C(=O)c3ccc(OC)c(OC)c3)CC2)ccc1N. The molecule has 154 valence electrons. The van der Waals surface area contributed by atoms with Gasteiger partial charge in [0.2, 0.25) is 0 Å². The van der Waals surface area contributed by atoms with E-state index in [0.29, 0.717) is 54.5 Å². The van der Waals surface area contributed by atoms with Crippen molar-refractivity contribution >= 4 is 23.3 Å². The van der Waals surface area contributed by atoms with Crippen molar-refractivity contribution in [1.29, 1.82) is 0 Å². The summed E-state index contributed by atoms with van der Waals surface area (Å²) in [7, 11) is 4.43. The van der Waals surface area contributed by atoms with E-state index in [1.54, 1.807) is 49.5 Å². The van der Waals surface area contributed by atoms with Crippen LogP contribution in [0.1, 0.15) is 20.7 Å². The van der Waals surface area contributed by atoms with Gasteiger partial charge >= 0.3 is 5.97 Å². The van der Waals surface area contributed by atoms with Gasteiger partial charge in [0, 0.05) is 43.1 Å². The molecule has 0 bridgehead atoms. The average molecular weight is 399 g/mol. The van der Waals surface area contributed by atoms with Crippen LogP contribution in [0.5, 0.6) is 11.5 Å². The van der Waals surface area contributed by atoms with Crippen molar-refractivity contribution in [2.24, 2.45) is 0 Å². The first-order valence-electron chi connectivity index (χ1n) is 9.22. The van der Waals surface area contributed by atoms with Crippen LogP contribution >= 0.6 is 0 Å². The summed E-state index contributed by atoms with van der Waals surface area (Å²) in [5.74, 6) is 0.581. The Kier molecular flexibility index (Phi) is 6.11. The van der Waals surface area contributed by atoms with Gasteiger partial charge < -0.3 is 29.7 Å². The van der Waals surface area contributed by atoms with E-state index in [1.165, 1.54) is 7.11 Å². The molecule has 2 aromatic rings. The Labute approximate surface area is 169 Å². The number of hydrogen-bond donors (Lipinski definition) is 1. The van der Waals surface area contributed by atoms with E-state index in [2.05, 4.69) is 4.90 Å². The lowest BCUT2D eigenvalue weighted by Gasteiger charge is -2.36. The van der Waals surface area contributed by atoms with Gasteiger partial charge in [-0.2, -0.15) is 0 Å². The Bertz CT molecular complexity index is 907. The molecule has 1 amide bonds. The zero-order valence-corrected chi connectivity index (χ0v) is 16.8. The maximum atomic E-state index is 12.9. The summed E-state index contributed by atoms with van der Waals surface area (Å²) in [6, 6.07) is 10.4. The monoisotopic (exact) mass is 399 g/mol. The van der Waals surface area contributed by atoms with Gasteiger partial charge in [0.15, 0.2) is 11.5 Å². The van der Waals surface area contributed by atoms with Gasteiger partial charge in [0.25, 0.3) is 5.91 Å². The van der Waals surface area contributed by atoms with Crippen LogP contribution in [0.2, 0.25) is 0 Å². The van der Waals surface area contributed by atoms with Crippen molar-refractivity contribution in [2.75, 3.05) is 58.1 Å².